The van der Waals surface area contributed by atoms with Crippen molar-refractivity contribution in [3.63, 3.8) is 0 Å². The summed E-state index contributed by atoms with van der Waals surface area (Å²) in [5.74, 6) is -3.35. The monoisotopic (exact) mass is 408 g/mol. The summed E-state index contributed by atoms with van der Waals surface area (Å²) in [6.45, 7) is 1.72. The van der Waals surface area contributed by atoms with Crippen LogP contribution >= 0.6 is 11.3 Å². The van der Waals surface area contributed by atoms with E-state index < -0.39 is 17.5 Å². The van der Waals surface area contributed by atoms with Crippen LogP contribution in [0.4, 0.5) is 13.8 Å². The van der Waals surface area contributed by atoms with Gasteiger partial charge >= 0.3 is 0 Å². The number of hydrogen-bond acceptors (Lipinski definition) is 5. The second kappa shape index (κ2) is 8.44. The fourth-order valence-corrected chi connectivity index (χ4v) is 3.70. The van der Waals surface area contributed by atoms with Crippen molar-refractivity contribution in [2.75, 3.05) is 38.0 Å². The second-order valence-corrected chi connectivity index (χ2v) is 7.19. The molecule has 148 valence electrons. The normalized spacial score (nSPS) is 14.7. The molecule has 10 heteroatoms. The highest BCUT2D eigenvalue weighted by Crippen LogP contribution is 2.22. The van der Waals surface area contributed by atoms with E-state index in [1.807, 2.05) is 4.90 Å². The van der Waals surface area contributed by atoms with Crippen LogP contribution in [0.15, 0.2) is 29.6 Å². The van der Waals surface area contributed by atoms with Crippen LogP contribution in [0.5, 0.6) is 0 Å². The SMILES string of the molecule is NC(=O)c1ccsc1NC(=O)CN1CCN(C(=O)c2ccc(F)c(F)c2)CC1. The standard InChI is InChI=1S/C18H18F2N4O3S/c19-13-2-1-11(9-14(13)20)18(27)24-6-4-23(5-7-24)10-15(25)22-17-12(16(21)26)3-8-28-17/h1-3,8-9H,4-7,10H2,(H2,21,26)(H,22,25). The Hall–Kier alpha value is -2.85. The van der Waals surface area contributed by atoms with E-state index in [9.17, 15) is 23.2 Å². The predicted octanol–water partition coefficient (Wildman–Crippen LogP) is 1.52. The van der Waals surface area contributed by atoms with E-state index in [2.05, 4.69) is 5.32 Å². The molecule has 2 aromatic rings. The zero-order chi connectivity index (χ0) is 20.3. The average molecular weight is 408 g/mol. The average Bonchev–Trinajstić information content (AvgIpc) is 3.12. The number of hydrogen-bond donors (Lipinski definition) is 2. The van der Waals surface area contributed by atoms with Crippen molar-refractivity contribution >= 4 is 34.1 Å². The molecule has 0 spiro atoms. The van der Waals surface area contributed by atoms with Gasteiger partial charge in [-0.05, 0) is 29.6 Å². The lowest BCUT2D eigenvalue weighted by atomic mass is 10.1. The molecule has 0 atom stereocenters. The lowest BCUT2D eigenvalue weighted by Crippen LogP contribution is -2.50. The minimum Gasteiger partial charge on any atom is -0.366 e. The highest BCUT2D eigenvalue weighted by molar-refractivity contribution is 7.14. The van der Waals surface area contributed by atoms with Gasteiger partial charge in [-0.25, -0.2) is 8.78 Å². The topological polar surface area (TPSA) is 95.7 Å². The molecule has 0 aliphatic carbocycles. The van der Waals surface area contributed by atoms with Crippen molar-refractivity contribution in [2.45, 2.75) is 0 Å². The van der Waals surface area contributed by atoms with Gasteiger partial charge < -0.3 is 16.0 Å². The van der Waals surface area contributed by atoms with E-state index in [0.29, 0.717) is 31.2 Å². The first-order valence-electron chi connectivity index (χ1n) is 8.49. The number of anilines is 1. The van der Waals surface area contributed by atoms with Gasteiger partial charge in [0.25, 0.3) is 11.8 Å². The summed E-state index contributed by atoms with van der Waals surface area (Å²) in [7, 11) is 0. The summed E-state index contributed by atoms with van der Waals surface area (Å²) in [5.41, 5.74) is 5.60. The number of nitrogens with zero attached hydrogens (tertiary/aromatic N) is 2. The number of piperazine rings is 1. The fraction of sp³-hybridized carbons (Fsp3) is 0.278. The molecule has 1 saturated heterocycles. The number of halogens is 2. The van der Waals surface area contributed by atoms with Crippen LogP contribution in [0.3, 0.4) is 0 Å². The van der Waals surface area contributed by atoms with Gasteiger partial charge in [0.05, 0.1) is 12.1 Å². The number of benzene rings is 1. The molecule has 28 heavy (non-hydrogen) atoms. The van der Waals surface area contributed by atoms with Crippen molar-refractivity contribution in [2.24, 2.45) is 5.73 Å². The number of nitrogens with one attached hydrogen (secondary N) is 1. The van der Waals surface area contributed by atoms with Gasteiger partial charge in [0.2, 0.25) is 5.91 Å². The van der Waals surface area contributed by atoms with Gasteiger partial charge in [0, 0.05) is 31.7 Å². The maximum Gasteiger partial charge on any atom is 0.254 e. The Kier molecular flexibility index (Phi) is 6.00. The third kappa shape index (κ3) is 4.52. The van der Waals surface area contributed by atoms with Crippen LogP contribution in [0.2, 0.25) is 0 Å². The van der Waals surface area contributed by atoms with Gasteiger partial charge in [-0.15, -0.1) is 11.3 Å². The summed E-state index contributed by atoms with van der Waals surface area (Å²) >= 11 is 1.21. The number of primary amides is 1. The molecule has 0 radical (unpaired) electrons. The number of thiophene rings is 1. The molecule has 1 aliphatic rings. The minimum absolute atomic E-state index is 0.0850. The minimum atomic E-state index is -1.06. The first-order valence-corrected chi connectivity index (χ1v) is 9.37. The first kappa shape index (κ1) is 19.9. The molecule has 3 rings (SSSR count). The van der Waals surface area contributed by atoms with Crippen molar-refractivity contribution in [1.82, 2.24) is 9.80 Å². The largest absolute Gasteiger partial charge is 0.366 e. The molecule has 2 heterocycles. The third-order valence-corrected chi connectivity index (χ3v) is 5.21. The van der Waals surface area contributed by atoms with E-state index in [1.165, 1.54) is 22.3 Å². The molecular formula is C18H18F2N4O3S. The number of nitrogens with two attached hydrogens (primary N) is 1. The van der Waals surface area contributed by atoms with Crippen molar-refractivity contribution in [3.05, 3.63) is 52.4 Å². The van der Waals surface area contributed by atoms with Crippen LogP contribution in [0, 0.1) is 11.6 Å². The van der Waals surface area contributed by atoms with Crippen LogP contribution in [0.25, 0.3) is 0 Å². The Labute approximate surface area is 163 Å². The molecule has 3 amide bonds. The van der Waals surface area contributed by atoms with E-state index >= 15 is 0 Å². The smallest absolute Gasteiger partial charge is 0.254 e. The van der Waals surface area contributed by atoms with E-state index in [0.717, 1.165) is 12.1 Å². The lowest BCUT2D eigenvalue weighted by molar-refractivity contribution is -0.117. The highest BCUT2D eigenvalue weighted by Gasteiger charge is 2.24. The number of carbonyl (C=O) groups is 3. The Bertz CT molecular complexity index is 910. The van der Waals surface area contributed by atoms with Gasteiger partial charge in [0.15, 0.2) is 11.6 Å². The maximum atomic E-state index is 13.3. The van der Waals surface area contributed by atoms with Crippen LogP contribution in [-0.2, 0) is 4.79 Å². The molecule has 1 aromatic carbocycles. The molecular weight excluding hydrogens is 390 g/mol. The summed E-state index contributed by atoms with van der Waals surface area (Å²) < 4.78 is 26.3. The van der Waals surface area contributed by atoms with Crippen LogP contribution < -0.4 is 11.1 Å². The van der Waals surface area contributed by atoms with Crippen molar-refractivity contribution < 1.29 is 23.2 Å². The maximum absolute atomic E-state index is 13.3. The number of rotatable bonds is 5. The third-order valence-electron chi connectivity index (χ3n) is 4.38. The van der Waals surface area contributed by atoms with Crippen LogP contribution in [-0.4, -0.2) is 60.2 Å². The van der Waals surface area contributed by atoms with Crippen LogP contribution in [0.1, 0.15) is 20.7 Å². The predicted molar refractivity (Wildman–Crippen MR) is 100 cm³/mol. The Morgan fingerprint density at radius 2 is 1.79 bits per heavy atom. The first-order chi connectivity index (χ1) is 13.3. The Morgan fingerprint density at radius 1 is 1.07 bits per heavy atom. The zero-order valence-corrected chi connectivity index (χ0v) is 15.6. The van der Waals surface area contributed by atoms with Gasteiger partial charge in [0.1, 0.15) is 5.00 Å². The Balaban J connectivity index is 1.51. The highest BCUT2D eigenvalue weighted by atomic mass is 32.1. The quantitative estimate of drug-likeness (QED) is 0.784. The second-order valence-electron chi connectivity index (χ2n) is 6.27. The Morgan fingerprint density at radius 3 is 2.43 bits per heavy atom. The molecule has 1 aromatic heterocycles. The van der Waals surface area contributed by atoms with E-state index in [4.69, 9.17) is 5.73 Å². The molecule has 1 aliphatic heterocycles. The molecule has 0 unspecified atom stereocenters. The van der Waals surface area contributed by atoms with Gasteiger partial charge in [-0.1, -0.05) is 0 Å². The summed E-state index contributed by atoms with van der Waals surface area (Å²) in [6, 6.07) is 4.60. The lowest BCUT2D eigenvalue weighted by Gasteiger charge is -2.34. The summed E-state index contributed by atoms with van der Waals surface area (Å²) in [6.07, 6.45) is 0. The molecule has 1 fully saturated rings. The van der Waals surface area contributed by atoms with E-state index in [1.54, 1.807) is 11.4 Å². The van der Waals surface area contributed by atoms with Crippen molar-refractivity contribution in [1.29, 1.82) is 0 Å². The van der Waals surface area contributed by atoms with Gasteiger partial charge in [-0.3, -0.25) is 19.3 Å². The van der Waals surface area contributed by atoms with Crippen molar-refractivity contribution in [3.8, 4) is 0 Å². The number of carbonyl (C=O) groups excluding carboxylic acids is 3. The molecule has 7 nitrogen and oxygen atoms in total. The number of amides is 3. The van der Waals surface area contributed by atoms with E-state index in [-0.39, 0.29) is 29.5 Å². The molecule has 0 bridgehead atoms. The zero-order valence-electron chi connectivity index (χ0n) is 14.8. The summed E-state index contributed by atoms with van der Waals surface area (Å²) in [5, 5.41) is 4.74. The molecule has 0 saturated carbocycles. The summed E-state index contributed by atoms with van der Waals surface area (Å²) in [4.78, 5) is 39.3. The van der Waals surface area contributed by atoms with Gasteiger partial charge in [-0.2, -0.15) is 0 Å². The molecule has 3 N–H and O–H groups in total. The fourth-order valence-electron chi connectivity index (χ4n) is 2.89.